The van der Waals surface area contributed by atoms with Gasteiger partial charge in [0, 0.05) is 45.0 Å². The molecule has 0 aliphatic carbocycles. The van der Waals surface area contributed by atoms with Crippen LogP contribution in [-0.4, -0.2) is 110 Å². The molecule has 2 rings (SSSR count). The molecular weight excluding hydrogens is 582 g/mol. The van der Waals surface area contributed by atoms with E-state index in [2.05, 4.69) is 57.1 Å². The number of hydrogen-bond donors (Lipinski definition) is 2. The average Bonchev–Trinajstić information content (AvgIpc) is 3.51. The van der Waals surface area contributed by atoms with Gasteiger partial charge < -0.3 is 30.1 Å². The third-order valence-electron chi connectivity index (χ3n) is 7.96. The molecular formula is C36H69N5O5. The number of hydrogen-bond acceptors (Lipinski definition) is 6. The number of nitrogens with one attached hydrogen (secondary N) is 2. The van der Waals surface area contributed by atoms with Crippen molar-refractivity contribution < 1.29 is 23.9 Å². The van der Waals surface area contributed by atoms with Crippen LogP contribution in [0, 0.1) is 11.8 Å². The maximum atomic E-state index is 13.2. The first kappa shape index (κ1) is 43.5. The number of amides is 4. The van der Waals surface area contributed by atoms with E-state index in [1.165, 1.54) is 37.3 Å². The van der Waals surface area contributed by atoms with Gasteiger partial charge in [0.05, 0.1) is 12.6 Å². The fourth-order valence-electron chi connectivity index (χ4n) is 5.29. The zero-order valence-electron chi connectivity index (χ0n) is 31.0. The van der Waals surface area contributed by atoms with Gasteiger partial charge in [-0.1, -0.05) is 60.5 Å². The normalized spacial score (nSPS) is 17.5. The van der Waals surface area contributed by atoms with Crippen molar-refractivity contribution in [3.8, 4) is 0 Å². The highest BCUT2D eigenvalue weighted by Crippen LogP contribution is 2.21. The largest absolute Gasteiger partial charge is 0.381 e. The molecule has 10 nitrogen and oxygen atoms in total. The summed E-state index contributed by atoms with van der Waals surface area (Å²) in [5.74, 6) is 0.340. The van der Waals surface area contributed by atoms with Gasteiger partial charge in [-0.2, -0.15) is 0 Å². The number of rotatable bonds is 16. The van der Waals surface area contributed by atoms with Crippen LogP contribution in [0.15, 0.2) is 11.6 Å². The van der Waals surface area contributed by atoms with Gasteiger partial charge in [-0.25, -0.2) is 0 Å². The van der Waals surface area contributed by atoms with Gasteiger partial charge in [0.2, 0.25) is 24.1 Å². The molecule has 0 radical (unpaired) electrons. The van der Waals surface area contributed by atoms with Crippen molar-refractivity contribution in [2.24, 2.45) is 11.8 Å². The lowest BCUT2D eigenvalue weighted by Gasteiger charge is -2.30. The van der Waals surface area contributed by atoms with Crippen molar-refractivity contribution in [2.45, 2.75) is 132 Å². The van der Waals surface area contributed by atoms with Crippen LogP contribution in [0.1, 0.15) is 114 Å². The Hall–Kier alpha value is -2.46. The number of unbranched alkanes of at least 4 members (excludes halogenated alkanes) is 1. The second kappa shape index (κ2) is 25.6. The molecule has 2 N–H and O–H groups in total. The van der Waals surface area contributed by atoms with E-state index in [0.717, 1.165) is 44.2 Å². The number of likely N-dealkylation sites (N-methyl/N-ethyl adjacent to an activating group) is 1. The molecule has 0 aromatic heterocycles. The molecule has 2 saturated heterocycles. The topological polar surface area (TPSA) is 111 Å². The van der Waals surface area contributed by atoms with E-state index in [-0.39, 0.29) is 36.2 Å². The van der Waals surface area contributed by atoms with E-state index in [4.69, 9.17) is 4.74 Å². The predicted octanol–water partition coefficient (Wildman–Crippen LogP) is 5.02. The van der Waals surface area contributed by atoms with Crippen molar-refractivity contribution in [2.75, 3.05) is 53.0 Å². The van der Waals surface area contributed by atoms with E-state index < -0.39 is 6.04 Å². The van der Waals surface area contributed by atoms with Gasteiger partial charge in [-0.3, -0.25) is 19.2 Å². The van der Waals surface area contributed by atoms with Gasteiger partial charge in [-0.05, 0) is 84.2 Å². The van der Waals surface area contributed by atoms with Crippen LogP contribution in [0.3, 0.4) is 0 Å². The fourth-order valence-corrected chi connectivity index (χ4v) is 5.29. The minimum atomic E-state index is -0.476. The molecule has 4 amide bonds. The molecule has 2 aliphatic rings. The fraction of sp³-hybridized carbons (Fsp3) is 0.833. The maximum absolute atomic E-state index is 13.2. The summed E-state index contributed by atoms with van der Waals surface area (Å²) in [6.07, 6.45) is 10.8. The Labute approximate surface area is 281 Å². The van der Waals surface area contributed by atoms with Crippen LogP contribution in [-0.2, 0) is 23.9 Å². The van der Waals surface area contributed by atoms with Crippen LogP contribution in [0.5, 0.6) is 0 Å². The van der Waals surface area contributed by atoms with E-state index in [1.807, 2.05) is 13.8 Å². The Bertz CT molecular complexity index is 883. The van der Waals surface area contributed by atoms with Crippen LogP contribution in [0.4, 0.5) is 0 Å². The van der Waals surface area contributed by atoms with Crippen molar-refractivity contribution in [3.63, 3.8) is 0 Å². The molecule has 2 heterocycles. The molecule has 0 spiro atoms. The molecule has 0 aromatic carbocycles. The number of likely N-dealkylation sites (tertiary alicyclic amines) is 2. The Morgan fingerprint density at radius 2 is 1.54 bits per heavy atom. The molecule has 2 aliphatic heterocycles. The minimum Gasteiger partial charge on any atom is -0.381 e. The van der Waals surface area contributed by atoms with Crippen molar-refractivity contribution in [1.29, 1.82) is 0 Å². The molecule has 46 heavy (non-hydrogen) atoms. The Morgan fingerprint density at radius 1 is 0.935 bits per heavy atom. The molecule has 0 saturated carbocycles. The summed E-state index contributed by atoms with van der Waals surface area (Å²) in [4.78, 5) is 54.4. The van der Waals surface area contributed by atoms with E-state index in [9.17, 15) is 19.2 Å². The highest BCUT2D eigenvalue weighted by molar-refractivity contribution is 5.97. The molecule has 268 valence electrons. The number of carbonyl (C=O) groups is 4. The maximum Gasteiger partial charge on any atom is 0.249 e. The summed E-state index contributed by atoms with van der Waals surface area (Å²) in [6, 6.07) is -0.0155. The van der Waals surface area contributed by atoms with Gasteiger partial charge >= 0.3 is 0 Å². The third-order valence-corrected chi connectivity index (χ3v) is 7.96. The summed E-state index contributed by atoms with van der Waals surface area (Å²) < 4.78 is 5.51. The van der Waals surface area contributed by atoms with E-state index >= 15 is 0 Å². The van der Waals surface area contributed by atoms with Gasteiger partial charge in [-0.15, -0.1) is 0 Å². The van der Waals surface area contributed by atoms with Crippen LogP contribution < -0.4 is 10.6 Å². The summed E-state index contributed by atoms with van der Waals surface area (Å²) in [5, 5.41) is 5.31. The first-order valence-corrected chi connectivity index (χ1v) is 17.8. The number of nitrogens with zero attached hydrogens (tertiary/aromatic N) is 3. The second-order valence-electron chi connectivity index (χ2n) is 13.8. The van der Waals surface area contributed by atoms with Gasteiger partial charge in [0.1, 0.15) is 6.04 Å². The monoisotopic (exact) mass is 652 g/mol. The SMILES string of the molecule is CC(C)C.CC(C)N1CCCCC1.CCCCOCCCNC(=O)[C@@H]1CCCN1C(=O)/C(C)=C/C(C(C)C)N(C)C(=O)CNC=O. The standard InChI is InChI=1S/C24H42N4O5.C8H17N.C4H10/c1-6-7-13-33-14-9-11-26-23(31)20-10-8-12-28(20)24(32)19(4)15-21(18(2)3)27(5)22(30)16-25-17-29;1-8(2)9-6-4-3-5-7-9;1-4(2)3/h15,17-18,20-21H,6-14,16H2,1-5H3,(H,25,29)(H,26,31);8H,3-7H2,1-2H3;4H,1-3H3/b19-15+;;/t20-,21?;;/m0../s1. The lowest BCUT2D eigenvalue weighted by atomic mass is 9.99. The predicted molar refractivity (Wildman–Crippen MR) is 188 cm³/mol. The molecule has 10 heteroatoms. The molecule has 2 fully saturated rings. The quantitative estimate of drug-likeness (QED) is 0.138. The van der Waals surface area contributed by atoms with Crippen molar-refractivity contribution >= 4 is 24.1 Å². The smallest absolute Gasteiger partial charge is 0.249 e. The summed E-state index contributed by atoms with van der Waals surface area (Å²) in [7, 11) is 1.66. The highest BCUT2D eigenvalue weighted by atomic mass is 16.5. The summed E-state index contributed by atoms with van der Waals surface area (Å²) >= 11 is 0. The third kappa shape index (κ3) is 18.6. The van der Waals surface area contributed by atoms with Gasteiger partial charge in [0.25, 0.3) is 0 Å². The van der Waals surface area contributed by atoms with Crippen molar-refractivity contribution in [3.05, 3.63) is 11.6 Å². The Kier molecular flexibility index (Phi) is 24.2. The van der Waals surface area contributed by atoms with E-state index in [0.29, 0.717) is 38.1 Å². The van der Waals surface area contributed by atoms with Gasteiger partial charge in [0.15, 0.2) is 0 Å². The van der Waals surface area contributed by atoms with Crippen LogP contribution in [0.25, 0.3) is 0 Å². The first-order valence-electron chi connectivity index (χ1n) is 17.8. The average molecular weight is 652 g/mol. The number of piperidine rings is 1. The zero-order chi connectivity index (χ0) is 35.1. The lowest BCUT2D eigenvalue weighted by molar-refractivity contribution is -0.135. The number of carbonyl (C=O) groups excluding carboxylic acids is 4. The van der Waals surface area contributed by atoms with Crippen LogP contribution in [0.2, 0.25) is 0 Å². The molecule has 2 atom stereocenters. The zero-order valence-corrected chi connectivity index (χ0v) is 31.0. The Balaban J connectivity index is 0.00000128. The van der Waals surface area contributed by atoms with Crippen LogP contribution >= 0.6 is 0 Å². The first-order chi connectivity index (χ1) is 21.8. The second-order valence-corrected chi connectivity index (χ2v) is 13.8. The molecule has 0 bridgehead atoms. The van der Waals surface area contributed by atoms with Crippen molar-refractivity contribution in [1.82, 2.24) is 25.3 Å². The molecule has 0 aromatic rings. The summed E-state index contributed by atoms with van der Waals surface area (Å²) in [5.41, 5.74) is 0.501. The lowest BCUT2D eigenvalue weighted by Crippen LogP contribution is -2.47. The molecule has 1 unspecified atom stereocenters. The highest BCUT2D eigenvalue weighted by Gasteiger charge is 2.35. The van der Waals surface area contributed by atoms with E-state index in [1.54, 1.807) is 24.9 Å². The number of ether oxygens (including phenoxy) is 1. The summed E-state index contributed by atoms with van der Waals surface area (Å²) in [6.45, 7) is 23.8. The minimum absolute atomic E-state index is 0.0650. The Morgan fingerprint density at radius 3 is 2.07 bits per heavy atom.